The summed E-state index contributed by atoms with van der Waals surface area (Å²) >= 11 is 0. The second kappa shape index (κ2) is 3.38. The van der Waals surface area contributed by atoms with E-state index < -0.39 is 23.8 Å². The Labute approximate surface area is 86.2 Å². The molecule has 0 saturated heterocycles. The Morgan fingerprint density at radius 3 is 1.73 bits per heavy atom. The quantitative estimate of drug-likeness (QED) is 0.767. The molecule has 4 heteroatoms. The molecule has 0 heterocycles. The predicted molar refractivity (Wildman–Crippen MR) is 51.8 cm³/mol. The van der Waals surface area contributed by atoms with Crippen molar-refractivity contribution in [3.05, 3.63) is 35.4 Å². The topological polar surface area (TPSA) is 74.6 Å². The largest absolute Gasteiger partial charge is 0.481 e. The summed E-state index contributed by atoms with van der Waals surface area (Å²) in [7, 11) is 0. The highest BCUT2D eigenvalue weighted by Crippen LogP contribution is 2.41. The fourth-order valence-corrected chi connectivity index (χ4v) is 2.10. The summed E-state index contributed by atoms with van der Waals surface area (Å²) in [5.41, 5.74) is 1.27. The van der Waals surface area contributed by atoms with E-state index in [1.54, 1.807) is 24.3 Å². The zero-order chi connectivity index (χ0) is 11.0. The number of carbonyl (C=O) groups is 2. The molecule has 0 radical (unpaired) electrons. The van der Waals surface area contributed by atoms with Gasteiger partial charge in [-0.15, -0.1) is 0 Å². The summed E-state index contributed by atoms with van der Waals surface area (Å²) < 4.78 is 0. The highest BCUT2D eigenvalue weighted by Gasteiger charge is 2.38. The molecule has 0 bridgehead atoms. The standard InChI is InChI=1S/C11H10O4/c12-10(13)8-5-9(11(14)15)7-4-2-1-3-6(7)8/h1-4,8-9H,5H2,(H,12,13)(H,14,15)/t8-,9-/m0/s1. The molecule has 0 aliphatic heterocycles. The Morgan fingerprint density at radius 1 is 1.00 bits per heavy atom. The second-order valence-corrected chi connectivity index (χ2v) is 3.65. The van der Waals surface area contributed by atoms with Crippen LogP contribution in [0.4, 0.5) is 0 Å². The van der Waals surface area contributed by atoms with Gasteiger partial charge in [-0.1, -0.05) is 24.3 Å². The van der Waals surface area contributed by atoms with Crippen LogP contribution in [0.2, 0.25) is 0 Å². The van der Waals surface area contributed by atoms with E-state index in [-0.39, 0.29) is 6.42 Å². The molecular weight excluding hydrogens is 196 g/mol. The molecule has 0 fully saturated rings. The molecule has 4 nitrogen and oxygen atoms in total. The number of benzene rings is 1. The predicted octanol–water partition coefficient (Wildman–Crippen LogP) is 1.43. The number of carboxylic acid groups (broad SMARTS) is 2. The van der Waals surface area contributed by atoms with Gasteiger partial charge in [-0.05, 0) is 17.5 Å². The van der Waals surface area contributed by atoms with Gasteiger partial charge in [0.15, 0.2) is 0 Å². The van der Waals surface area contributed by atoms with Crippen LogP contribution in [-0.2, 0) is 9.59 Å². The summed E-state index contributed by atoms with van der Waals surface area (Å²) in [6.07, 6.45) is 0.157. The molecule has 0 unspecified atom stereocenters. The minimum absolute atomic E-state index is 0.157. The molecule has 15 heavy (non-hydrogen) atoms. The van der Waals surface area contributed by atoms with Crippen molar-refractivity contribution >= 4 is 11.9 Å². The maximum Gasteiger partial charge on any atom is 0.311 e. The Kier molecular flexibility index (Phi) is 2.19. The molecular formula is C11H10O4. The third kappa shape index (κ3) is 1.48. The average molecular weight is 206 g/mol. The number of hydrogen-bond acceptors (Lipinski definition) is 2. The van der Waals surface area contributed by atoms with Gasteiger partial charge in [0.1, 0.15) is 0 Å². The van der Waals surface area contributed by atoms with Crippen LogP contribution in [0.25, 0.3) is 0 Å². The van der Waals surface area contributed by atoms with E-state index in [9.17, 15) is 9.59 Å². The van der Waals surface area contributed by atoms with Crippen molar-refractivity contribution in [3.8, 4) is 0 Å². The smallest absolute Gasteiger partial charge is 0.311 e. The molecule has 0 amide bonds. The Balaban J connectivity index is 2.48. The van der Waals surface area contributed by atoms with E-state index in [0.29, 0.717) is 11.1 Å². The molecule has 1 aromatic carbocycles. The molecule has 0 aromatic heterocycles. The molecule has 1 aliphatic rings. The van der Waals surface area contributed by atoms with E-state index >= 15 is 0 Å². The lowest BCUT2D eigenvalue weighted by molar-refractivity contribution is -0.140. The second-order valence-electron chi connectivity index (χ2n) is 3.65. The molecule has 0 spiro atoms. The minimum Gasteiger partial charge on any atom is -0.481 e. The van der Waals surface area contributed by atoms with Crippen LogP contribution in [-0.4, -0.2) is 22.2 Å². The number of carboxylic acids is 2. The summed E-state index contributed by atoms with van der Waals surface area (Å²) in [4.78, 5) is 21.9. The number of fused-ring (bicyclic) bond motifs is 1. The number of rotatable bonds is 2. The van der Waals surface area contributed by atoms with Gasteiger partial charge < -0.3 is 10.2 Å². The van der Waals surface area contributed by atoms with Crippen molar-refractivity contribution in [3.63, 3.8) is 0 Å². The van der Waals surface area contributed by atoms with Crippen molar-refractivity contribution < 1.29 is 19.8 Å². The van der Waals surface area contributed by atoms with Gasteiger partial charge in [0.05, 0.1) is 11.8 Å². The third-order valence-electron chi connectivity index (χ3n) is 2.81. The van der Waals surface area contributed by atoms with Gasteiger partial charge in [-0.25, -0.2) is 0 Å². The van der Waals surface area contributed by atoms with E-state index in [0.717, 1.165) is 0 Å². The van der Waals surface area contributed by atoms with E-state index in [4.69, 9.17) is 10.2 Å². The lowest BCUT2D eigenvalue weighted by atomic mass is 10.0. The Hall–Kier alpha value is -1.84. The molecule has 2 N–H and O–H groups in total. The fourth-order valence-electron chi connectivity index (χ4n) is 2.10. The number of aliphatic carboxylic acids is 2. The van der Waals surface area contributed by atoms with Crippen LogP contribution in [0, 0.1) is 0 Å². The van der Waals surface area contributed by atoms with E-state index in [1.807, 2.05) is 0 Å². The van der Waals surface area contributed by atoms with Crippen LogP contribution in [0.15, 0.2) is 24.3 Å². The van der Waals surface area contributed by atoms with Crippen molar-refractivity contribution in [2.75, 3.05) is 0 Å². The van der Waals surface area contributed by atoms with Gasteiger partial charge in [0, 0.05) is 0 Å². The maximum absolute atomic E-state index is 10.9. The van der Waals surface area contributed by atoms with Gasteiger partial charge in [0.25, 0.3) is 0 Å². The zero-order valence-electron chi connectivity index (χ0n) is 7.88. The highest BCUT2D eigenvalue weighted by molar-refractivity contribution is 5.85. The van der Waals surface area contributed by atoms with Crippen molar-refractivity contribution in [2.24, 2.45) is 0 Å². The van der Waals surface area contributed by atoms with Crippen molar-refractivity contribution in [2.45, 2.75) is 18.3 Å². The van der Waals surface area contributed by atoms with Crippen LogP contribution in [0.3, 0.4) is 0 Å². The van der Waals surface area contributed by atoms with Gasteiger partial charge in [0.2, 0.25) is 0 Å². The molecule has 2 atom stereocenters. The van der Waals surface area contributed by atoms with Crippen LogP contribution >= 0.6 is 0 Å². The summed E-state index contributed by atoms with van der Waals surface area (Å²) in [6.45, 7) is 0. The van der Waals surface area contributed by atoms with Gasteiger partial charge >= 0.3 is 11.9 Å². The summed E-state index contributed by atoms with van der Waals surface area (Å²) in [5.74, 6) is -3.26. The first-order chi connectivity index (χ1) is 7.11. The molecule has 1 aromatic rings. The van der Waals surface area contributed by atoms with E-state index in [2.05, 4.69) is 0 Å². The summed E-state index contributed by atoms with van der Waals surface area (Å²) in [5, 5.41) is 17.9. The average Bonchev–Trinajstić information content (AvgIpc) is 2.56. The Bertz CT molecular complexity index is 385. The number of hydrogen-bond donors (Lipinski definition) is 2. The van der Waals surface area contributed by atoms with Gasteiger partial charge in [-0.3, -0.25) is 9.59 Å². The monoisotopic (exact) mass is 206 g/mol. The normalized spacial score (nSPS) is 23.5. The molecule has 1 aliphatic carbocycles. The van der Waals surface area contributed by atoms with E-state index in [1.165, 1.54) is 0 Å². The SMILES string of the molecule is O=C(O)[C@H]1C[C@H](C(=O)O)c2ccccc21. The van der Waals surface area contributed by atoms with Crippen LogP contribution < -0.4 is 0 Å². The van der Waals surface area contributed by atoms with Crippen molar-refractivity contribution in [1.29, 1.82) is 0 Å². The molecule has 78 valence electrons. The first-order valence-corrected chi connectivity index (χ1v) is 4.65. The molecule has 2 rings (SSSR count). The zero-order valence-corrected chi connectivity index (χ0v) is 7.88. The first kappa shape index (κ1) is 9.71. The fraction of sp³-hybridized carbons (Fsp3) is 0.273. The van der Waals surface area contributed by atoms with Crippen LogP contribution in [0.1, 0.15) is 29.4 Å². The Morgan fingerprint density at radius 2 is 1.40 bits per heavy atom. The lowest BCUT2D eigenvalue weighted by Crippen LogP contribution is -2.11. The van der Waals surface area contributed by atoms with Gasteiger partial charge in [-0.2, -0.15) is 0 Å². The highest BCUT2D eigenvalue weighted by atomic mass is 16.4. The lowest BCUT2D eigenvalue weighted by Gasteiger charge is -2.03. The summed E-state index contributed by atoms with van der Waals surface area (Å²) in [6, 6.07) is 6.85. The molecule has 0 saturated carbocycles. The van der Waals surface area contributed by atoms with Crippen LogP contribution in [0.5, 0.6) is 0 Å². The maximum atomic E-state index is 10.9. The minimum atomic E-state index is -0.953. The van der Waals surface area contributed by atoms with Crippen molar-refractivity contribution in [1.82, 2.24) is 0 Å². The first-order valence-electron chi connectivity index (χ1n) is 4.65. The third-order valence-corrected chi connectivity index (χ3v) is 2.81.